The molecule has 46 heavy (non-hydrogen) atoms. The average Bonchev–Trinajstić information content (AvgIpc) is 3.44. The van der Waals surface area contributed by atoms with E-state index in [-0.39, 0.29) is 0 Å². The Bertz CT molecular complexity index is 1790. The second-order valence-electron chi connectivity index (χ2n) is 10.7. The van der Waals surface area contributed by atoms with Crippen molar-refractivity contribution in [1.29, 1.82) is 0 Å². The number of methoxy groups -OCH3 is 4. The highest BCUT2D eigenvalue weighted by molar-refractivity contribution is 6.40. The summed E-state index contributed by atoms with van der Waals surface area (Å²) in [4.78, 5) is 19.9. The first kappa shape index (κ1) is 32.3. The molecule has 3 heterocycles. The molecule has 0 saturated carbocycles. The molecular formula is C36H42N6O4. The molecule has 0 fully saturated rings. The minimum absolute atomic E-state index is 0.574. The fraction of sp³-hybridized carbons (Fsp3) is 0.333. The van der Waals surface area contributed by atoms with Gasteiger partial charge in [0.05, 0.1) is 80.7 Å². The maximum absolute atomic E-state index is 5.65. The van der Waals surface area contributed by atoms with Crippen molar-refractivity contribution < 1.29 is 18.9 Å². The summed E-state index contributed by atoms with van der Waals surface area (Å²) in [5.41, 5.74) is 9.83. The number of pyridine rings is 1. The van der Waals surface area contributed by atoms with Gasteiger partial charge in [0.25, 0.3) is 0 Å². The molecule has 10 heteroatoms. The smallest absolute Gasteiger partial charge is 0.163 e. The van der Waals surface area contributed by atoms with Crippen LogP contribution in [0.2, 0.25) is 0 Å². The van der Waals surface area contributed by atoms with Gasteiger partial charge in [-0.05, 0) is 54.0 Å². The molecule has 2 N–H and O–H groups in total. The van der Waals surface area contributed by atoms with Crippen LogP contribution in [-0.2, 0) is 12.8 Å². The van der Waals surface area contributed by atoms with Crippen LogP contribution in [0.15, 0.2) is 68.4 Å². The number of aromatic nitrogens is 1. The molecule has 3 aromatic rings. The average molecular weight is 623 g/mol. The Hall–Kier alpha value is -5.12. The lowest BCUT2D eigenvalue weighted by Gasteiger charge is -2.17. The molecule has 2 aliphatic rings. The summed E-state index contributed by atoms with van der Waals surface area (Å²) in [5.74, 6) is 2.98. The van der Waals surface area contributed by atoms with E-state index in [1.165, 1.54) is 5.56 Å². The number of hydrogen-bond donors (Lipinski definition) is 2. The van der Waals surface area contributed by atoms with Crippen LogP contribution in [0, 0.1) is 0 Å². The van der Waals surface area contributed by atoms with Crippen LogP contribution in [0.4, 0.5) is 28.6 Å². The lowest BCUT2D eigenvalue weighted by atomic mass is 10.0. The summed E-state index contributed by atoms with van der Waals surface area (Å²) in [6, 6.07) is 9.56. The van der Waals surface area contributed by atoms with Gasteiger partial charge in [0.15, 0.2) is 23.0 Å². The highest BCUT2D eigenvalue weighted by Crippen LogP contribution is 2.41. The second kappa shape index (κ2) is 14.3. The molecule has 0 amide bonds. The summed E-state index contributed by atoms with van der Waals surface area (Å²) in [7, 11) is 6.47. The highest BCUT2D eigenvalue weighted by Gasteiger charge is 2.22. The van der Waals surface area contributed by atoms with Crippen molar-refractivity contribution in [2.45, 2.75) is 53.4 Å². The topological polar surface area (TPSA) is 111 Å². The highest BCUT2D eigenvalue weighted by atomic mass is 16.5. The zero-order valence-corrected chi connectivity index (χ0v) is 27.9. The number of aliphatic imine (C=N–C) groups is 3. The van der Waals surface area contributed by atoms with Gasteiger partial charge in [0.1, 0.15) is 5.82 Å². The van der Waals surface area contributed by atoms with Gasteiger partial charge < -0.3 is 29.6 Å². The number of ether oxygens (including phenoxy) is 4. The maximum Gasteiger partial charge on any atom is 0.163 e. The zero-order valence-electron chi connectivity index (χ0n) is 27.9. The first-order valence-electron chi connectivity index (χ1n) is 15.6. The van der Waals surface area contributed by atoms with Crippen molar-refractivity contribution >= 4 is 46.7 Å². The lowest BCUT2D eigenvalue weighted by molar-refractivity contribution is 0.355. The Morgan fingerprint density at radius 3 is 1.80 bits per heavy atom. The van der Waals surface area contributed by atoms with Gasteiger partial charge in [0.2, 0.25) is 0 Å². The predicted molar refractivity (Wildman–Crippen MR) is 188 cm³/mol. The lowest BCUT2D eigenvalue weighted by Crippen LogP contribution is -2.06. The molecular weight excluding hydrogens is 580 g/mol. The zero-order chi connectivity index (χ0) is 32.8. The number of nitrogens with zero attached hydrogens (tertiary/aromatic N) is 4. The van der Waals surface area contributed by atoms with Crippen molar-refractivity contribution in [3.63, 3.8) is 0 Å². The van der Waals surface area contributed by atoms with E-state index in [1.54, 1.807) is 28.4 Å². The van der Waals surface area contributed by atoms with Gasteiger partial charge in [-0.25, -0.2) is 9.98 Å². The van der Waals surface area contributed by atoms with Gasteiger partial charge in [0, 0.05) is 30.5 Å². The Labute approximate surface area is 271 Å². The number of aryl methyl sites for hydroxylation is 1. The van der Waals surface area contributed by atoms with E-state index >= 15 is 0 Å². The number of nitrogens with one attached hydrogen (secondary N) is 2. The third-order valence-electron chi connectivity index (χ3n) is 8.20. The SMILES string of the molecule is CCC1=C(CC)C2=NC1=CNc1cc(OC)c(OC)cc1N=Cc1nc(cc(CC)c1CC)Nc1cc(OC)c(OC)cc1N=C2. The van der Waals surface area contributed by atoms with Crippen LogP contribution in [0.5, 0.6) is 23.0 Å². The fourth-order valence-corrected chi connectivity index (χ4v) is 5.84. The van der Waals surface area contributed by atoms with Gasteiger partial charge in [-0.1, -0.05) is 27.7 Å². The van der Waals surface area contributed by atoms with Gasteiger partial charge in [-0.2, -0.15) is 0 Å². The molecule has 240 valence electrons. The maximum atomic E-state index is 5.65. The van der Waals surface area contributed by atoms with E-state index < -0.39 is 0 Å². The number of anilines is 3. The monoisotopic (exact) mass is 622 g/mol. The Morgan fingerprint density at radius 2 is 1.22 bits per heavy atom. The van der Waals surface area contributed by atoms with Crippen LogP contribution in [-0.4, -0.2) is 51.6 Å². The molecule has 1 aromatic heterocycles. The standard InChI is InChI=1S/C36H42N6O4/c1-9-21-13-36-41-28-17-35(46-8)34(45-7)16-27(28)39-20-31-24(12-4)23(11-3)30(40-31)19-38-26-15-33(44-6)32(43-5)14-25(26)37-18-29(42-36)22(21)10-2/h13-20,38H,9-12H2,1-8H3,(H,41,42). The molecule has 0 atom stereocenters. The number of benzene rings is 2. The van der Waals surface area contributed by atoms with Gasteiger partial charge in [-0.3, -0.25) is 9.98 Å². The Balaban J connectivity index is 1.79. The second-order valence-corrected chi connectivity index (χ2v) is 10.7. The van der Waals surface area contributed by atoms with E-state index in [2.05, 4.69) is 44.4 Å². The summed E-state index contributed by atoms with van der Waals surface area (Å²) in [6.07, 6.45) is 8.82. The summed E-state index contributed by atoms with van der Waals surface area (Å²) < 4.78 is 22.5. The number of allylic oxidation sites excluding steroid dienone is 2. The summed E-state index contributed by atoms with van der Waals surface area (Å²) in [5, 5.41) is 6.98. The van der Waals surface area contributed by atoms with Crippen molar-refractivity contribution in [2.24, 2.45) is 15.0 Å². The normalized spacial score (nSPS) is 13.9. The van der Waals surface area contributed by atoms with Crippen LogP contribution in [0.25, 0.3) is 0 Å². The molecule has 2 aromatic carbocycles. The van der Waals surface area contributed by atoms with Crippen LogP contribution >= 0.6 is 0 Å². The van der Waals surface area contributed by atoms with E-state index in [9.17, 15) is 0 Å². The van der Waals surface area contributed by atoms with Crippen molar-refractivity contribution in [1.82, 2.24) is 4.98 Å². The first-order valence-corrected chi connectivity index (χ1v) is 15.6. The molecule has 2 aliphatic heterocycles. The predicted octanol–water partition coefficient (Wildman–Crippen LogP) is 8.28. The van der Waals surface area contributed by atoms with E-state index in [4.69, 9.17) is 38.9 Å². The molecule has 0 radical (unpaired) electrons. The Kier molecular flexibility index (Phi) is 10.0. The largest absolute Gasteiger partial charge is 0.493 e. The summed E-state index contributed by atoms with van der Waals surface area (Å²) >= 11 is 0. The van der Waals surface area contributed by atoms with Crippen molar-refractivity contribution in [3.05, 3.63) is 70.2 Å². The Morgan fingerprint density at radius 1 is 0.630 bits per heavy atom. The van der Waals surface area contributed by atoms with E-state index in [0.29, 0.717) is 40.2 Å². The van der Waals surface area contributed by atoms with Gasteiger partial charge >= 0.3 is 0 Å². The molecule has 0 aliphatic carbocycles. The van der Waals surface area contributed by atoms with Crippen molar-refractivity contribution in [3.8, 4) is 23.0 Å². The molecule has 0 saturated heterocycles. The molecule has 0 spiro atoms. The molecule has 0 unspecified atom stereocenters. The van der Waals surface area contributed by atoms with Crippen LogP contribution < -0.4 is 29.6 Å². The number of hydrogen-bond acceptors (Lipinski definition) is 10. The quantitative estimate of drug-likeness (QED) is 0.260. The van der Waals surface area contributed by atoms with Crippen LogP contribution in [0.1, 0.15) is 57.4 Å². The third-order valence-corrected chi connectivity index (χ3v) is 8.20. The van der Waals surface area contributed by atoms with Crippen LogP contribution in [0.3, 0.4) is 0 Å². The van der Waals surface area contributed by atoms with Gasteiger partial charge in [-0.15, -0.1) is 0 Å². The fourth-order valence-electron chi connectivity index (χ4n) is 5.84. The summed E-state index contributed by atoms with van der Waals surface area (Å²) in [6.45, 7) is 8.55. The van der Waals surface area contributed by atoms with E-state index in [0.717, 1.165) is 70.9 Å². The first-order chi connectivity index (χ1) is 22.4. The number of fused-ring (bicyclic) bond motifs is 5. The minimum Gasteiger partial charge on any atom is -0.493 e. The third kappa shape index (κ3) is 6.33. The molecule has 10 nitrogen and oxygen atoms in total. The molecule has 4 bridgehead atoms. The molecule has 5 rings (SSSR count). The minimum atomic E-state index is 0.574. The van der Waals surface area contributed by atoms with Crippen molar-refractivity contribution in [2.75, 3.05) is 39.1 Å². The van der Waals surface area contributed by atoms with E-state index in [1.807, 2.05) is 42.9 Å². The number of rotatable bonds is 8.